The second-order valence-electron chi connectivity index (χ2n) is 4.97. The molecule has 1 fully saturated rings. The molecule has 1 aliphatic rings. The highest BCUT2D eigenvalue weighted by atomic mass is 16.5. The van der Waals surface area contributed by atoms with E-state index in [1.165, 1.54) is 0 Å². The van der Waals surface area contributed by atoms with Crippen LogP contribution in [0.3, 0.4) is 0 Å². The van der Waals surface area contributed by atoms with Crippen molar-refractivity contribution in [3.05, 3.63) is 35.9 Å². The Morgan fingerprint density at radius 3 is 2.71 bits per heavy atom. The van der Waals surface area contributed by atoms with Crippen molar-refractivity contribution in [1.82, 2.24) is 10.6 Å². The number of nitrogens with one attached hydrogen (secondary N) is 2. The van der Waals surface area contributed by atoms with Crippen LogP contribution >= 0.6 is 0 Å². The van der Waals surface area contributed by atoms with Gasteiger partial charge in [0.15, 0.2) is 6.61 Å². The van der Waals surface area contributed by atoms with Crippen molar-refractivity contribution >= 4 is 17.8 Å². The van der Waals surface area contributed by atoms with Gasteiger partial charge in [0.1, 0.15) is 6.04 Å². The predicted molar refractivity (Wildman–Crippen MR) is 75.1 cm³/mol. The minimum absolute atomic E-state index is 0.163. The number of carbonyl (C=O) groups is 3. The highest BCUT2D eigenvalue weighted by Gasteiger charge is 2.28. The first kappa shape index (κ1) is 15.0. The van der Waals surface area contributed by atoms with E-state index in [2.05, 4.69) is 10.6 Å². The van der Waals surface area contributed by atoms with Crippen LogP contribution in [0.25, 0.3) is 0 Å². The quantitative estimate of drug-likeness (QED) is 0.781. The maximum atomic E-state index is 11.7. The van der Waals surface area contributed by atoms with E-state index in [-0.39, 0.29) is 24.5 Å². The second kappa shape index (κ2) is 6.88. The lowest BCUT2D eigenvalue weighted by Crippen LogP contribution is -2.37. The molecule has 0 unspecified atom stereocenters. The zero-order chi connectivity index (χ0) is 15.2. The van der Waals surface area contributed by atoms with E-state index in [0.29, 0.717) is 12.8 Å². The minimum atomic E-state index is -0.628. The molecule has 2 amide bonds. The SMILES string of the molecule is C[C@H](NC(=O)COC(=O)[C@@H]1CCC(=O)N1)c1ccccc1. The smallest absolute Gasteiger partial charge is 0.329 e. The van der Waals surface area contributed by atoms with Gasteiger partial charge < -0.3 is 15.4 Å². The van der Waals surface area contributed by atoms with Gasteiger partial charge in [0.2, 0.25) is 5.91 Å². The topological polar surface area (TPSA) is 84.5 Å². The van der Waals surface area contributed by atoms with Crippen molar-refractivity contribution in [3.63, 3.8) is 0 Å². The lowest BCUT2D eigenvalue weighted by molar-refractivity contribution is -0.150. The average Bonchev–Trinajstić information content (AvgIpc) is 2.92. The summed E-state index contributed by atoms with van der Waals surface area (Å²) in [7, 11) is 0. The van der Waals surface area contributed by atoms with Gasteiger partial charge in [0.25, 0.3) is 5.91 Å². The molecule has 2 rings (SSSR count). The fourth-order valence-electron chi connectivity index (χ4n) is 2.14. The first-order valence-electron chi connectivity index (χ1n) is 6.86. The monoisotopic (exact) mass is 290 g/mol. The van der Waals surface area contributed by atoms with E-state index in [1.807, 2.05) is 37.3 Å². The molecule has 1 heterocycles. The van der Waals surface area contributed by atoms with E-state index >= 15 is 0 Å². The van der Waals surface area contributed by atoms with Crippen molar-refractivity contribution in [1.29, 1.82) is 0 Å². The largest absolute Gasteiger partial charge is 0.454 e. The number of rotatable bonds is 5. The summed E-state index contributed by atoms with van der Waals surface area (Å²) >= 11 is 0. The fraction of sp³-hybridized carbons (Fsp3) is 0.400. The van der Waals surface area contributed by atoms with Crippen molar-refractivity contribution in [2.45, 2.75) is 31.8 Å². The molecular formula is C15H18N2O4. The Morgan fingerprint density at radius 2 is 2.10 bits per heavy atom. The Balaban J connectivity index is 1.75. The number of carbonyl (C=O) groups excluding carboxylic acids is 3. The zero-order valence-corrected chi connectivity index (χ0v) is 11.8. The van der Waals surface area contributed by atoms with Crippen LogP contribution in [0.15, 0.2) is 30.3 Å². The summed E-state index contributed by atoms with van der Waals surface area (Å²) in [5.41, 5.74) is 0.972. The van der Waals surface area contributed by atoms with Crippen molar-refractivity contribution in [2.75, 3.05) is 6.61 Å². The standard InChI is InChI=1S/C15H18N2O4/c1-10(11-5-3-2-4-6-11)16-14(19)9-21-15(20)12-7-8-13(18)17-12/h2-6,10,12H,7-9H2,1H3,(H,16,19)(H,17,18)/t10-,12-/m0/s1. The Morgan fingerprint density at radius 1 is 1.38 bits per heavy atom. The number of esters is 1. The Kier molecular flexibility index (Phi) is 4.92. The second-order valence-corrected chi connectivity index (χ2v) is 4.97. The van der Waals surface area contributed by atoms with Crippen LogP contribution in [-0.4, -0.2) is 30.4 Å². The molecule has 0 spiro atoms. The van der Waals surface area contributed by atoms with Crippen molar-refractivity contribution in [3.8, 4) is 0 Å². The van der Waals surface area contributed by atoms with Gasteiger partial charge in [-0.25, -0.2) is 4.79 Å². The molecule has 21 heavy (non-hydrogen) atoms. The summed E-state index contributed by atoms with van der Waals surface area (Å²) < 4.78 is 4.91. The molecule has 1 aromatic rings. The summed E-state index contributed by atoms with van der Waals surface area (Å²) in [5, 5.41) is 5.25. The molecule has 2 N–H and O–H groups in total. The number of amides is 2. The van der Waals surface area contributed by atoms with Gasteiger partial charge in [-0.15, -0.1) is 0 Å². The van der Waals surface area contributed by atoms with Gasteiger partial charge in [0.05, 0.1) is 6.04 Å². The summed E-state index contributed by atoms with van der Waals surface area (Å²) in [6.45, 7) is 1.51. The zero-order valence-electron chi connectivity index (χ0n) is 11.8. The molecule has 112 valence electrons. The van der Waals surface area contributed by atoms with E-state index in [4.69, 9.17) is 4.74 Å². The van der Waals surface area contributed by atoms with Gasteiger partial charge in [-0.3, -0.25) is 9.59 Å². The van der Waals surface area contributed by atoms with Gasteiger partial charge in [-0.05, 0) is 18.9 Å². The van der Waals surface area contributed by atoms with Crippen molar-refractivity contribution < 1.29 is 19.1 Å². The van der Waals surface area contributed by atoms with E-state index < -0.39 is 12.0 Å². The highest BCUT2D eigenvalue weighted by molar-refractivity contribution is 5.89. The summed E-state index contributed by atoms with van der Waals surface area (Å²) in [6.07, 6.45) is 0.733. The predicted octanol–water partition coefficient (Wildman–Crippen LogP) is 0.686. The van der Waals surface area contributed by atoms with Crippen LogP contribution in [-0.2, 0) is 19.1 Å². The molecule has 1 saturated heterocycles. The van der Waals surface area contributed by atoms with E-state index in [9.17, 15) is 14.4 Å². The maximum Gasteiger partial charge on any atom is 0.329 e. The number of ether oxygens (including phenoxy) is 1. The van der Waals surface area contributed by atoms with E-state index in [1.54, 1.807) is 0 Å². The van der Waals surface area contributed by atoms with Crippen LogP contribution in [0.1, 0.15) is 31.4 Å². The third kappa shape index (κ3) is 4.30. The van der Waals surface area contributed by atoms with Gasteiger partial charge in [0, 0.05) is 6.42 Å². The Labute approximate surface area is 122 Å². The molecular weight excluding hydrogens is 272 g/mol. The average molecular weight is 290 g/mol. The molecule has 0 aromatic heterocycles. The van der Waals surface area contributed by atoms with Gasteiger partial charge in [-0.1, -0.05) is 30.3 Å². The molecule has 0 saturated carbocycles. The molecule has 0 bridgehead atoms. The first-order valence-corrected chi connectivity index (χ1v) is 6.86. The normalized spacial score (nSPS) is 18.7. The third-order valence-corrected chi connectivity index (χ3v) is 3.30. The number of benzene rings is 1. The molecule has 6 nitrogen and oxygen atoms in total. The lowest BCUT2D eigenvalue weighted by Gasteiger charge is -2.15. The molecule has 0 radical (unpaired) electrons. The lowest BCUT2D eigenvalue weighted by atomic mass is 10.1. The molecule has 1 aromatic carbocycles. The van der Waals surface area contributed by atoms with Gasteiger partial charge in [-0.2, -0.15) is 0 Å². The molecule has 6 heteroatoms. The highest BCUT2D eigenvalue weighted by Crippen LogP contribution is 2.11. The maximum absolute atomic E-state index is 11.7. The van der Waals surface area contributed by atoms with Crippen LogP contribution in [0.2, 0.25) is 0 Å². The van der Waals surface area contributed by atoms with Crippen LogP contribution in [0, 0.1) is 0 Å². The minimum Gasteiger partial charge on any atom is -0.454 e. The van der Waals surface area contributed by atoms with Crippen LogP contribution in [0.4, 0.5) is 0 Å². The number of hydrogen-bond donors (Lipinski definition) is 2. The summed E-state index contributed by atoms with van der Waals surface area (Å²) in [4.78, 5) is 34.4. The van der Waals surface area contributed by atoms with Crippen molar-refractivity contribution in [2.24, 2.45) is 0 Å². The Hall–Kier alpha value is -2.37. The van der Waals surface area contributed by atoms with Crippen LogP contribution in [0.5, 0.6) is 0 Å². The summed E-state index contributed by atoms with van der Waals surface area (Å²) in [6, 6.07) is 8.70. The van der Waals surface area contributed by atoms with Crippen LogP contribution < -0.4 is 10.6 Å². The third-order valence-electron chi connectivity index (χ3n) is 3.30. The number of hydrogen-bond acceptors (Lipinski definition) is 4. The van der Waals surface area contributed by atoms with E-state index in [0.717, 1.165) is 5.56 Å². The Bertz CT molecular complexity index is 530. The molecule has 1 aliphatic heterocycles. The first-order chi connectivity index (χ1) is 10.1. The summed E-state index contributed by atoms with van der Waals surface area (Å²) in [5.74, 6) is -1.11. The molecule has 0 aliphatic carbocycles. The molecule has 2 atom stereocenters. The van der Waals surface area contributed by atoms with Gasteiger partial charge >= 0.3 is 5.97 Å². The fourth-order valence-corrected chi connectivity index (χ4v) is 2.14.